The Kier molecular flexibility index (Phi) is 5.51. The SMILES string of the molecule is O=C(C1=COCCO1)N(CCc1ccccc1)Cc1ccccc1. The van der Waals surface area contributed by atoms with Gasteiger partial charge in [0.05, 0.1) is 0 Å². The molecule has 0 radical (unpaired) electrons. The van der Waals surface area contributed by atoms with Crippen molar-refractivity contribution < 1.29 is 14.3 Å². The third kappa shape index (κ3) is 4.38. The van der Waals surface area contributed by atoms with Gasteiger partial charge < -0.3 is 14.4 Å². The molecule has 0 unspecified atom stereocenters. The quantitative estimate of drug-likeness (QED) is 0.820. The number of nitrogens with zero attached hydrogens (tertiary/aromatic N) is 1. The molecular formula is C20H21NO3. The molecule has 0 bridgehead atoms. The zero-order valence-corrected chi connectivity index (χ0v) is 13.6. The summed E-state index contributed by atoms with van der Waals surface area (Å²) >= 11 is 0. The van der Waals surface area contributed by atoms with Crippen molar-refractivity contribution in [2.75, 3.05) is 19.8 Å². The lowest BCUT2D eigenvalue weighted by molar-refractivity contribution is -0.132. The molecule has 0 saturated heterocycles. The second-order valence-electron chi connectivity index (χ2n) is 5.65. The summed E-state index contributed by atoms with van der Waals surface area (Å²) in [7, 11) is 0. The highest BCUT2D eigenvalue weighted by molar-refractivity contribution is 5.91. The van der Waals surface area contributed by atoms with Crippen molar-refractivity contribution in [3.63, 3.8) is 0 Å². The molecule has 0 aliphatic carbocycles. The Morgan fingerprint density at radius 3 is 2.21 bits per heavy atom. The van der Waals surface area contributed by atoms with Gasteiger partial charge in [-0.1, -0.05) is 60.7 Å². The Balaban J connectivity index is 1.72. The van der Waals surface area contributed by atoms with Crippen LogP contribution in [0.2, 0.25) is 0 Å². The van der Waals surface area contributed by atoms with Crippen molar-refractivity contribution in [1.82, 2.24) is 4.90 Å². The molecule has 0 saturated carbocycles. The molecule has 0 fully saturated rings. The van der Waals surface area contributed by atoms with Crippen LogP contribution < -0.4 is 0 Å². The van der Waals surface area contributed by atoms with Crippen LogP contribution in [0, 0.1) is 0 Å². The highest BCUT2D eigenvalue weighted by atomic mass is 16.6. The maximum absolute atomic E-state index is 12.8. The van der Waals surface area contributed by atoms with Crippen molar-refractivity contribution in [3.05, 3.63) is 83.8 Å². The summed E-state index contributed by atoms with van der Waals surface area (Å²) in [5, 5.41) is 0. The number of benzene rings is 2. The van der Waals surface area contributed by atoms with Gasteiger partial charge >= 0.3 is 0 Å². The van der Waals surface area contributed by atoms with Crippen molar-refractivity contribution in [3.8, 4) is 0 Å². The van der Waals surface area contributed by atoms with Crippen molar-refractivity contribution >= 4 is 5.91 Å². The van der Waals surface area contributed by atoms with Crippen molar-refractivity contribution in [2.45, 2.75) is 13.0 Å². The largest absolute Gasteiger partial charge is 0.494 e. The van der Waals surface area contributed by atoms with Gasteiger partial charge in [0.1, 0.15) is 19.5 Å². The van der Waals surface area contributed by atoms with Crippen LogP contribution in [0.4, 0.5) is 0 Å². The monoisotopic (exact) mass is 323 g/mol. The van der Waals surface area contributed by atoms with Gasteiger partial charge in [-0.25, -0.2) is 0 Å². The topological polar surface area (TPSA) is 38.8 Å². The number of carbonyl (C=O) groups is 1. The Hall–Kier alpha value is -2.75. The fraction of sp³-hybridized carbons (Fsp3) is 0.250. The molecule has 1 amide bonds. The standard InChI is InChI=1S/C20H21NO3/c22-20(19-16-23-13-14-24-19)21(15-18-9-5-2-6-10-18)12-11-17-7-3-1-4-8-17/h1-10,16H,11-15H2. The summed E-state index contributed by atoms with van der Waals surface area (Å²) in [5.41, 5.74) is 2.30. The average molecular weight is 323 g/mol. The van der Waals surface area contributed by atoms with Gasteiger partial charge in [-0.05, 0) is 17.5 Å². The molecule has 124 valence electrons. The molecule has 2 aromatic carbocycles. The minimum Gasteiger partial charge on any atom is -0.494 e. The Morgan fingerprint density at radius 2 is 1.58 bits per heavy atom. The van der Waals surface area contributed by atoms with Gasteiger partial charge in [-0.2, -0.15) is 0 Å². The summed E-state index contributed by atoms with van der Waals surface area (Å²) in [6.45, 7) is 2.07. The van der Waals surface area contributed by atoms with Crippen LogP contribution in [0.1, 0.15) is 11.1 Å². The fourth-order valence-electron chi connectivity index (χ4n) is 2.60. The molecule has 0 spiro atoms. The maximum Gasteiger partial charge on any atom is 0.292 e. The lowest BCUT2D eigenvalue weighted by Crippen LogP contribution is -2.35. The summed E-state index contributed by atoms with van der Waals surface area (Å²) in [6, 6.07) is 20.1. The third-order valence-corrected chi connectivity index (χ3v) is 3.88. The van der Waals surface area contributed by atoms with Crippen LogP contribution in [0.5, 0.6) is 0 Å². The molecule has 0 aromatic heterocycles. The Morgan fingerprint density at radius 1 is 0.917 bits per heavy atom. The molecule has 4 heteroatoms. The summed E-state index contributed by atoms with van der Waals surface area (Å²) < 4.78 is 10.7. The Labute approximate surface area is 142 Å². The lowest BCUT2D eigenvalue weighted by atomic mass is 10.1. The van der Waals surface area contributed by atoms with Gasteiger partial charge in [0.2, 0.25) is 5.76 Å². The van der Waals surface area contributed by atoms with Crippen LogP contribution >= 0.6 is 0 Å². The van der Waals surface area contributed by atoms with E-state index in [1.165, 1.54) is 11.8 Å². The second kappa shape index (κ2) is 8.20. The molecule has 1 aliphatic rings. The van der Waals surface area contributed by atoms with Crippen molar-refractivity contribution in [2.24, 2.45) is 0 Å². The van der Waals surface area contributed by atoms with E-state index in [2.05, 4.69) is 12.1 Å². The van der Waals surface area contributed by atoms with Crippen LogP contribution in [0.25, 0.3) is 0 Å². The first-order chi connectivity index (χ1) is 11.8. The zero-order chi connectivity index (χ0) is 16.6. The van der Waals surface area contributed by atoms with E-state index < -0.39 is 0 Å². The van der Waals surface area contributed by atoms with Crippen molar-refractivity contribution in [1.29, 1.82) is 0 Å². The maximum atomic E-state index is 12.8. The van der Waals surface area contributed by atoms with Gasteiger partial charge in [-0.15, -0.1) is 0 Å². The molecule has 4 nitrogen and oxygen atoms in total. The number of rotatable bonds is 6. The molecule has 3 rings (SSSR count). The van der Waals surface area contributed by atoms with E-state index in [9.17, 15) is 4.79 Å². The van der Waals surface area contributed by atoms with Gasteiger partial charge in [0, 0.05) is 13.1 Å². The van der Waals surface area contributed by atoms with E-state index in [4.69, 9.17) is 9.47 Å². The molecular weight excluding hydrogens is 302 g/mol. The van der Waals surface area contributed by atoms with Gasteiger partial charge in [-0.3, -0.25) is 4.79 Å². The second-order valence-corrected chi connectivity index (χ2v) is 5.65. The molecule has 0 atom stereocenters. The highest BCUT2D eigenvalue weighted by Gasteiger charge is 2.22. The molecule has 0 N–H and O–H groups in total. The zero-order valence-electron chi connectivity index (χ0n) is 13.6. The van der Waals surface area contributed by atoms with Crippen LogP contribution in [0.15, 0.2) is 72.7 Å². The van der Waals surface area contributed by atoms with Crippen LogP contribution in [-0.2, 0) is 27.2 Å². The van der Waals surface area contributed by atoms with Gasteiger partial charge in [0.15, 0.2) is 0 Å². The van der Waals surface area contributed by atoms with Crippen LogP contribution in [-0.4, -0.2) is 30.6 Å². The summed E-state index contributed by atoms with van der Waals surface area (Å²) in [4.78, 5) is 14.6. The number of carbonyl (C=O) groups excluding carboxylic acids is 1. The minimum atomic E-state index is -0.130. The predicted molar refractivity (Wildman–Crippen MR) is 92.0 cm³/mol. The van der Waals surface area contributed by atoms with E-state index in [-0.39, 0.29) is 11.7 Å². The first-order valence-electron chi connectivity index (χ1n) is 8.14. The number of ether oxygens (including phenoxy) is 2. The lowest BCUT2D eigenvalue weighted by Gasteiger charge is -2.25. The predicted octanol–water partition coefficient (Wildman–Crippen LogP) is 3.15. The summed E-state index contributed by atoms with van der Waals surface area (Å²) in [6.07, 6.45) is 2.22. The third-order valence-electron chi connectivity index (χ3n) is 3.88. The normalized spacial score (nSPS) is 13.4. The van der Waals surface area contributed by atoms with E-state index in [0.717, 1.165) is 12.0 Å². The fourth-order valence-corrected chi connectivity index (χ4v) is 2.60. The average Bonchev–Trinajstić information content (AvgIpc) is 2.67. The highest BCUT2D eigenvalue weighted by Crippen LogP contribution is 2.13. The smallest absolute Gasteiger partial charge is 0.292 e. The molecule has 2 aromatic rings. The minimum absolute atomic E-state index is 0.130. The first kappa shape index (κ1) is 16.1. The van der Waals surface area contributed by atoms with E-state index in [0.29, 0.717) is 26.3 Å². The van der Waals surface area contributed by atoms with E-state index in [1.54, 1.807) is 0 Å². The number of hydrogen-bond acceptors (Lipinski definition) is 3. The molecule has 1 heterocycles. The molecule has 1 aliphatic heterocycles. The van der Waals surface area contributed by atoms with Crippen LogP contribution in [0.3, 0.4) is 0 Å². The summed E-state index contributed by atoms with van der Waals surface area (Å²) in [5.74, 6) is 0.153. The number of hydrogen-bond donors (Lipinski definition) is 0. The Bertz CT molecular complexity index is 683. The van der Waals surface area contributed by atoms with E-state index >= 15 is 0 Å². The number of amides is 1. The first-order valence-corrected chi connectivity index (χ1v) is 8.14. The van der Waals surface area contributed by atoms with Gasteiger partial charge in [0.25, 0.3) is 5.91 Å². The van der Waals surface area contributed by atoms with E-state index in [1.807, 2.05) is 53.4 Å². The molecule has 24 heavy (non-hydrogen) atoms.